The lowest BCUT2D eigenvalue weighted by Crippen LogP contribution is -2.34. The first-order valence-corrected chi connectivity index (χ1v) is 28.4. The predicted molar refractivity (Wildman–Crippen MR) is 333 cm³/mol. The Balaban J connectivity index is 0.000000194. The maximum Gasteiger partial charge on any atom is 0.410 e. The van der Waals surface area contributed by atoms with E-state index in [0.29, 0.717) is 53.7 Å². The molecule has 9 aromatic rings. The first kappa shape index (κ1) is 65.7. The summed E-state index contributed by atoms with van der Waals surface area (Å²) in [5, 5.41) is 20.7. The zero-order chi connectivity index (χ0) is 59.4. The van der Waals surface area contributed by atoms with Crippen molar-refractivity contribution in [2.45, 2.75) is 91.0 Å². The van der Waals surface area contributed by atoms with Gasteiger partial charge in [0.05, 0.1) is 29.9 Å². The van der Waals surface area contributed by atoms with Crippen molar-refractivity contribution < 1.29 is 9.53 Å². The van der Waals surface area contributed by atoms with E-state index in [2.05, 4.69) is 85.9 Å². The van der Waals surface area contributed by atoms with Gasteiger partial charge in [0.2, 0.25) is 21.1 Å². The molecule has 0 aliphatic rings. The van der Waals surface area contributed by atoms with Gasteiger partial charge in [-0.05, 0) is 115 Å². The lowest BCUT2D eigenvalue weighted by atomic mass is 10.1. The normalized spacial score (nSPS) is 10.4. The van der Waals surface area contributed by atoms with Crippen LogP contribution in [0.5, 0.6) is 0 Å². The molecule has 0 saturated heterocycles. The molecule has 0 aliphatic heterocycles. The minimum Gasteiger partial charge on any atom is -0.444 e. The van der Waals surface area contributed by atoms with Gasteiger partial charge in [-0.15, -0.1) is 23.2 Å². The van der Waals surface area contributed by atoms with Gasteiger partial charge in [-0.2, -0.15) is 5.26 Å². The number of H-pyrrole nitrogens is 1. The van der Waals surface area contributed by atoms with E-state index in [9.17, 15) is 4.79 Å². The molecule has 9 rings (SSSR count). The van der Waals surface area contributed by atoms with Crippen LogP contribution in [0.3, 0.4) is 0 Å². The number of nitriles is 1. The van der Waals surface area contributed by atoms with Crippen molar-refractivity contribution in [2.24, 2.45) is 0 Å². The van der Waals surface area contributed by atoms with Gasteiger partial charge in [0, 0.05) is 90.3 Å². The van der Waals surface area contributed by atoms with E-state index in [-0.39, 0.29) is 21.1 Å². The number of benzene rings is 4. The van der Waals surface area contributed by atoms with Crippen molar-refractivity contribution in [3.8, 4) is 6.07 Å². The molecule has 5 heterocycles. The summed E-state index contributed by atoms with van der Waals surface area (Å²) in [5.74, 6) is 2.77. The maximum absolute atomic E-state index is 12.1. The summed E-state index contributed by atoms with van der Waals surface area (Å²) in [4.78, 5) is 48.7. The zero-order valence-corrected chi connectivity index (χ0v) is 51.2. The number of amides is 1. The van der Waals surface area contributed by atoms with Gasteiger partial charge in [-0.1, -0.05) is 122 Å². The van der Waals surface area contributed by atoms with Crippen LogP contribution in [0, 0.1) is 18.3 Å². The Kier molecular flexibility index (Phi) is 27.6. The fraction of sp³-hybridized carbons (Fsp3) is 0.254. The lowest BCUT2D eigenvalue weighted by molar-refractivity contribution is 0.0285. The number of hydrogen-bond acceptors (Lipinski definition) is 14. The molecule has 0 radical (unpaired) electrons. The van der Waals surface area contributed by atoms with Gasteiger partial charge < -0.3 is 30.6 Å². The van der Waals surface area contributed by atoms with E-state index in [4.69, 9.17) is 91.2 Å². The highest BCUT2D eigenvalue weighted by molar-refractivity contribution is 6.33. The average Bonchev–Trinajstić information content (AvgIpc) is 3.94. The average molecular weight is 1250 g/mol. The van der Waals surface area contributed by atoms with Crippen molar-refractivity contribution in [2.75, 3.05) is 23.0 Å². The number of carbonyl (C=O) groups is 1. The van der Waals surface area contributed by atoms with Gasteiger partial charge in [0.15, 0.2) is 0 Å². The van der Waals surface area contributed by atoms with Crippen LogP contribution in [-0.4, -0.2) is 68.5 Å². The number of aromatic nitrogens is 9. The molecular weight excluding hydrogens is 1180 g/mol. The summed E-state index contributed by atoms with van der Waals surface area (Å²) in [6, 6.07) is 40.0. The quantitative estimate of drug-likeness (QED) is 0.0428. The standard InChI is InChI=1S/C18H23ClN4O2.C14H16ClN3.C12H11Cl2N3.C10H8N2.C5H3Cl3N2/c1-18(2,3)25-17(24)23(4)12-14-11-21-16(19)22-15(14)20-10-13-8-6-5-7-9-13;1-2-6-12-10-17-14(15)18-13(12)16-9-11-7-4-3-5-8-11;13-6-10-8-16-12(14)17-11(10)15-7-9-4-2-1-3-5-9;1-7-5-9-8(6-11)3-2-4-10(9)12-7;6-1-3-2-9-5(8)10-4(3)7/h5-9,11H,10,12H2,1-4H3,(H,20,21,22);3-5,7-8,10H,2,6,9H2,1H3,(H,16,17,18);1-5,8H,6-7H2,(H,15,16,17);2-5,12H,1H3;2H,1H2. The van der Waals surface area contributed by atoms with Crippen molar-refractivity contribution >= 4 is 116 Å². The van der Waals surface area contributed by atoms with E-state index in [1.54, 1.807) is 25.6 Å². The molecule has 0 fully saturated rings. The number of nitrogens with one attached hydrogen (secondary N) is 4. The van der Waals surface area contributed by atoms with Crippen LogP contribution in [0.25, 0.3) is 10.9 Å². The number of anilines is 3. The molecule has 4 aromatic carbocycles. The molecule has 82 heavy (non-hydrogen) atoms. The molecule has 0 bridgehead atoms. The first-order valence-electron chi connectivity index (χ1n) is 25.5. The number of fused-ring (bicyclic) bond motifs is 1. The number of rotatable bonds is 15. The Morgan fingerprint density at radius 1 is 0.610 bits per heavy atom. The number of hydrogen-bond donors (Lipinski definition) is 4. The number of alkyl halides is 2. The van der Waals surface area contributed by atoms with Gasteiger partial charge in [0.1, 0.15) is 28.2 Å². The molecule has 1 amide bonds. The van der Waals surface area contributed by atoms with Crippen LogP contribution in [0.2, 0.25) is 26.3 Å². The van der Waals surface area contributed by atoms with Crippen LogP contribution in [0.4, 0.5) is 22.2 Å². The Bertz CT molecular complexity index is 3440. The molecule has 428 valence electrons. The van der Waals surface area contributed by atoms with Crippen LogP contribution in [0.15, 0.2) is 140 Å². The topological polar surface area (TPSA) is 208 Å². The summed E-state index contributed by atoms with van der Waals surface area (Å²) < 4.78 is 5.36. The third kappa shape index (κ3) is 23.1. The van der Waals surface area contributed by atoms with E-state index < -0.39 is 11.7 Å². The summed E-state index contributed by atoms with van der Waals surface area (Å²) in [5.41, 5.74) is 9.21. The number of halogens is 7. The SMILES string of the molecule is CCCc1cnc(Cl)nc1NCc1ccccc1.CN(Cc1cnc(Cl)nc1NCc1ccccc1)C(=O)OC(C)(C)C.Cc1cc2c(C#N)cccc2[nH]1.ClCc1cnc(Cl)nc1Cl.ClCc1cnc(Cl)nc1NCc1ccccc1. The maximum atomic E-state index is 12.1. The highest BCUT2D eigenvalue weighted by atomic mass is 35.5. The molecule has 0 saturated carbocycles. The number of ether oxygens (including phenoxy) is 1. The Morgan fingerprint density at radius 2 is 1.04 bits per heavy atom. The highest BCUT2D eigenvalue weighted by Crippen LogP contribution is 2.22. The van der Waals surface area contributed by atoms with E-state index in [1.165, 1.54) is 22.2 Å². The monoisotopic (exact) mass is 1240 g/mol. The number of aryl methyl sites for hydroxylation is 2. The minimum atomic E-state index is -0.545. The minimum absolute atomic E-state index is 0.138. The van der Waals surface area contributed by atoms with Crippen molar-refractivity contribution in [1.82, 2.24) is 49.8 Å². The van der Waals surface area contributed by atoms with Crippen LogP contribution >= 0.6 is 81.2 Å². The van der Waals surface area contributed by atoms with Gasteiger partial charge in [0.25, 0.3) is 0 Å². The van der Waals surface area contributed by atoms with Crippen molar-refractivity contribution in [1.29, 1.82) is 5.26 Å². The van der Waals surface area contributed by atoms with Crippen molar-refractivity contribution in [3.05, 3.63) is 217 Å². The van der Waals surface area contributed by atoms with Gasteiger partial charge >= 0.3 is 6.09 Å². The summed E-state index contributed by atoms with van der Waals surface area (Å²) in [6.07, 6.45) is 8.16. The smallest absolute Gasteiger partial charge is 0.410 e. The van der Waals surface area contributed by atoms with Crippen LogP contribution < -0.4 is 16.0 Å². The second-order valence-corrected chi connectivity index (χ2v) is 20.9. The fourth-order valence-electron chi connectivity index (χ4n) is 7.13. The van der Waals surface area contributed by atoms with E-state index in [0.717, 1.165) is 69.6 Å². The Morgan fingerprint density at radius 3 is 1.48 bits per heavy atom. The Labute approximate surface area is 513 Å². The largest absolute Gasteiger partial charge is 0.444 e. The van der Waals surface area contributed by atoms with Crippen molar-refractivity contribution in [3.63, 3.8) is 0 Å². The van der Waals surface area contributed by atoms with Gasteiger partial charge in [-0.25, -0.2) is 44.7 Å². The Hall–Kier alpha value is -7.07. The zero-order valence-electron chi connectivity index (χ0n) is 45.9. The summed E-state index contributed by atoms with van der Waals surface area (Å²) in [7, 11) is 1.67. The second kappa shape index (κ2) is 34.4. The molecule has 0 aliphatic carbocycles. The second-order valence-electron chi connectivity index (χ2n) is 18.7. The van der Waals surface area contributed by atoms with E-state index >= 15 is 0 Å². The molecule has 0 atom stereocenters. The van der Waals surface area contributed by atoms with Crippen LogP contribution in [-0.2, 0) is 49.1 Å². The van der Waals surface area contributed by atoms with Crippen LogP contribution in [0.1, 0.15) is 84.3 Å². The van der Waals surface area contributed by atoms with Gasteiger partial charge in [-0.3, -0.25) is 0 Å². The molecular formula is C59H61Cl7N14O2. The molecule has 4 N–H and O–H groups in total. The number of carbonyl (C=O) groups excluding carboxylic acids is 1. The molecule has 5 aromatic heterocycles. The first-order chi connectivity index (χ1) is 39.4. The van der Waals surface area contributed by atoms with E-state index in [1.807, 2.05) is 131 Å². The fourth-order valence-corrected chi connectivity index (χ4v) is 8.37. The highest BCUT2D eigenvalue weighted by Gasteiger charge is 2.21. The molecule has 0 unspecified atom stereocenters. The number of aromatic amines is 1. The summed E-state index contributed by atoms with van der Waals surface area (Å²) >= 11 is 39.8. The lowest BCUT2D eigenvalue weighted by Gasteiger charge is -2.25. The third-order valence-electron chi connectivity index (χ3n) is 11.0. The summed E-state index contributed by atoms with van der Waals surface area (Å²) in [6.45, 7) is 11.9. The third-order valence-corrected chi connectivity index (χ3v) is 12.7. The predicted octanol–water partition coefficient (Wildman–Crippen LogP) is 16.2. The molecule has 0 spiro atoms. The molecule has 23 heteroatoms. The number of nitrogens with zero attached hydrogens (tertiary/aromatic N) is 10. The molecule has 16 nitrogen and oxygen atoms in total.